The van der Waals surface area contributed by atoms with Crippen molar-refractivity contribution in [3.8, 4) is 0 Å². The maximum atomic E-state index is 12.4. The fraction of sp³-hybridized carbons (Fsp3) is 0.200. The van der Waals surface area contributed by atoms with Crippen molar-refractivity contribution in [1.29, 1.82) is 0 Å². The average molecular weight is 375 g/mol. The molecule has 142 valence electrons. The van der Waals surface area contributed by atoms with E-state index in [0.717, 1.165) is 17.3 Å². The molecule has 0 aliphatic carbocycles. The van der Waals surface area contributed by atoms with Gasteiger partial charge in [0, 0.05) is 44.1 Å². The summed E-state index contributed by atoms with van der Waals surface area (Å²) in [7, 11) is 0. The highest BCUT2D eigenvalue weighted by molar-refractivity contribution is 5.89. The molecule has 3 heterocycles. The summed E-state index contributed by atoms with van der Waals surface area (Å²) in [6.45, 7) is 2.68. The van der Waals surface area contributed by atoms with Gasteiger partial charge in [-0.05, 0) is 24.3 Å². The summed E-state index contributed by atoms with van der Waals surface area (Å²) in [5, 5.41) is 6.10. The molecule has 3 aromatic rings. The lowest BCUT2D eigenvalue weighted by molar-refractivity contribution is 0.208. The van der Waals surface area contributed by atoms with Crippen molar-refractivity contribution < 1.29 is 4.79 Å². The number of hydrogen-bond donors (Lipinski definition) is 2. The molecule has 1 aliphatic rings. The van der Waals surface area contributed by atoms with Gasteiger partial charge in [0.25, 0.3) is 0 Å². The van der Waals surface area contributed by atoms with Crippen LogP contribution in [0.1, 0.15) is 0 Å². The second-order valence-corrected chi connectivity index (χ2v) is 6.37. The Labute approximate surface area is 163 Å². The zero-order valence-electron chi connectivity index (χ0n) is 15.3. The number of amides is 2. The van der Waals surface area contributed by atoms with Crippen LogP contribution < -0.4 is 15.5 Å². The van der Waals surface area contributed by atoms with Gasteiger partial charge in [-0.2, -0.15) is 0 Å². The summed E-state index contributed by atoms with van der Waals surface area (Å²) in [5.74, 6) is 2.25. The lowest BCUT2D eigenvalue weighted by Gasteiger charge is -2.35. The molecule has 2 amide bonds. The number of anilines is 4. The van der Waals surface area contributed by atoms with Crippen LogP contribution >= 0.6 is 0 Å². The van der Waals surface area contributed by atoms with E-state index in [2.05, 4.69) is 30.5 Å². The largest absolute Gasteiger partial charge is 0.353 e. The standard InChI is InChI=1S/C20H21N7O/c28-20(24-16-6-2-1-3-7-16)27-12-10-26(11-13-27)19-14-18(22-15-23-19)25-17-8-4-5-9-21-17/h1-9,14-15H,10-13H2,(H,24,28)(H,21,22,23,25). The average Bonchev–Trinajstić information content (AvgIpc) is 2.75. The third-order valence-corrected chi connectivity index (χ3v) is 4.49. The van der Waals surface area contributed by atoms with E-state index in [-0.39, 0.29) is 6.03 Å². The molecule has 0 radical (unpaired) electrons. The van der Waals surface area contributed by atoms with E-state index >= 15 is 0 Å². The highest BCUT2D eigenvalue weighted by atomic mass is 16.2. The molecule has 0 unspecified atom stereocenters. The Morgan fingerprint density at radius 1 is 0.857 bits per heavy atom. The molecule has 2 N–H and O–H groups in total. The number of carbonyl (C=O) groups excluding carboxylic acids is 1. The number of para-hydroxylation sites is 1. The summed E-state index contributed by atoms with van der Waals surface area (Å²) in [6.07, 6.45) is 3.26. The van der Waals surface area contributed by atoms with Gasteiger partial charge in [-0.3, -0.25) is 0 Å². The minimum Gasteiger partial charge on any atom is -0.353 e. The lowest BCUT2D eigenvalue weighted by Crippen LogP contribution is -2.50. The van der Waals surface area contributed by atoms with Crippen molar-refractivity contribution in [3.05, 3.63) is 67.1 Å². The number of nitrogens with one attached hydrogen (secondary N) is 2. The van der Waals surface area contributed by atoms with Crippen molar-refractivity contribution in [1.82, 2.24) is 19.9 Å². The number of aromatic nitrogens is 3. The topological polar surface area (TPSA) is 86.3 Å². The van der Waals surface area contributed by atoms with Crippen LogP contribution in [0.3, 0.4) is 0 Å². The molecule has 1 aliphatic heterocycles. The molecule has 4 rings (SSSR count). The molecule has 0 spiro atoms. The number of pyridine rings is 1. The van der Waals surface area contributed by atoms with Crippen LogP contribution in [0.4, 0.5) is 27.9 Å². The Morgan fingerprint density at radius 3 is 2.39 bits per heavy atom. The first-order chi connectivity index (χ1) is 13.8. The van der Waals surface area contributed by atoms with Crippen molar-refractivity contribution >= 4 is 29.2 Å². The van der Waals surface area contributed by atoms with Gasteiger partial charge in [0.05, 0.1) is 0 Å². The van der Waals surface area contributed by atoms with Crippen LogP contribution in [0, 0.1) is 0 Å². The second-order valence-electron chi connectivity index (χ2n) is 6.37. The summed E-state index contributed by atoms with van der Waals surface area (Å²) in [6, 6.07) is 17.0. The first-order valence-electron chi connectivity index (χ1n) is 9.14. The number of rotatable bonds is 4. The van der Waals surface area contributed by atoms with Crippen molar-refractivity contribution in [2.75, 3.05) is 41.7 Å². The van der Waals surface area contributed by atoms with Crippen LogP contribution in [0.5, 0.6) is 0 Å². The monoisotopic (exact) mass is 375 g/mol. The zero-order chi connectivity index (χ0) is 19.2. The zero-order valence-corrected chi connectivity index (χ0v) is 15.3. The Bertz CT molecular complexity index is 912. The molecule has 2 aromatic heterocycles. The number of piperazine rings is 1. The maximum absolute atomic E-state index is 12.4. The molecule has 0 bridgehead atoms. The van der Waals surface area contributed by atoms with Crippen molar-refractivity contribution in [2.45, 2.75) is 0 Å². The molecular weight excluding hydrogens is 354 g/mol. The fourth-order valence-corrected chi connectivity index (χ4v) is 3.02. The Balaban J connectivity index is 1.35. The predicted molar refractivity (Wildman–Crippen MR) is 109 cm³/mol. The summed E-state index contributed by atoms with van der Waals surface area (Å²) >= 11 is 0. The van der Waals surface area contributed by atoms with Gasteiger partial charge in [-0.25, -0.2) is 19.7 Å². The van der Waals surface area contributed by atoms with Crippen LogP contribution in [0.25, 0.3) is 0 Å². The van der Waals surface area contributed by atoms with E-state index in [9.17, 15) is 4.79 Å². The van der Waals surface area contributed by atoms with Crippen molar-refractivity contribution in [2.24, 2.45) is 0 Å². The number of carbonyl (C=O) groups is 1. The maximum Gasteiger partial charge on any atom is 0.321 e. The molecule has 1 saturated heterocycles. The SMILES string of the molecule is O=C(Nc1ccccc1)N1CCN(c2cc(Nc3ccccn3)ncn2)CC1. The van der Waals surface area contributed by atoms with E-state index < -0.39 is 0 Å². The molecule has 0 atom stereocenters. The normalized spacial score (nSPS) is 13.9. The van der Waals surface area contributed by atoms with Gasteiger partial charge < -0.3 is 20.4 Å². The predicted octanol–water partition coefficient (Wildman–Crippen LogP) is 2.97. The van der Waals surface area contributed by atoms with E-state index in [1.165, 1.54) is 6.33 Å². The van der Waals surface area contributed by atoms with Crippen LogP contribution in [-0.2, 0) is 0 Å². The summed E-state index contributed by atoms with van der Waals surface area (Å²) in [5.41, 5.74) is 0.802. The quantitative estimate of drug-likeness (QED) is 0.729. The number of urea groups is 1. The first kappa shape index (κ1) is 17.7. The van der Waals surface area contributed by atoms with E-state index in [4.69, 9.17) is 0 Å². The highest BCUT2D eigenvalue weighted by Gasteiger charge is 2.22. The molecule has 8 heteroatoms. The molecular formula is C20H21N7O. The number of benzene rings is 1. The first-order valence-corrected chi connectivity index (χ1v) is 9.14. The van der Waals surface area contributed by atoms with Crippen LogP contribution in [0.15, 0.2) is 67.1 Å². The van der Waals surface area contributed by atoms with Gasteiger partial charge in [-0.1, -0.05) is 24.3 Å². The van der Waals surface area contributed by atoms with Gasteiger partial charge in [0.1, 0.15) is 23.8 Å². The van der Waals surface area contributed by atoms with E-state index in [0.29, 0.717) is 32.0 Å². The molecule has 0 saturated carbocycles. The Morgan fingerprint density at radius 2 is 1.64 bits per heavy atom. The third-order valence-electron chi connectivity index (χ3n) is 4.49. The smallest absolute Gasteiger partial charge is 0.321 e. The van der Waals surface area contributed by atoms with Gasteiger partial charge >= 0.3 is 6.03 Å². The van der Waals surface area contributed by atoms with Gasteiger partial charge in [0.2, 0.25) is 0 Å². The lowest BCUT2D eigenvalue weighted by atomic mass is 10.3. The van der Waals surface area contributed by atoms with Crippen LogP contribution in [0.2, 0.25) is 0 Å². The highest BCUT2D eigenvalue weighted by Crippen LogP contribution is 2.19. The van der Waals surface area contributed by atoms with E-state index in [1.54, 1.807) is 6.20 Å². The minimum absolute atomic E-state index is 0.0777. The molecule has 28 heavy (non-hydrogen) atoms. The Hall–Kier alpha value is -3.68. The fourth-order valence-electron chi connectivity index (χ4n) is 3.02. The third kappa shape index (κ3) is 4.35. The molecule has 8 nitrogen and oxygen atoms in total. The Kier molecular flexibility index (Phi) is 5.28. The molecule has 1 aromatic carbocycles. The molecule has 1 fully saturated rings. The minimum atomic E-state index is -0.0777. The number of hydrogen-bond acceptors (Lipinski definition) is 6. The van der Waals surface area contributed by atoms with Gasteiger partial charge in [-0.15, -0.1) is 0 Å². The van der Waals surface area contributed by atoms with Gasteiger partial charge in [0.15, 0.2) is 0 Å². The second kappa shape index (κ2) is 8.34. The van der Waals surface area contributed by atoms with E-state index in [1.807, 2.05) is 59.5 Å². The van der Waals surface area contributed by atoms with Crippen LogP contribution in [-0.4, -0.2) is 52.1 Å². The summed E-state index contributed by atoms with van der Waals surface area (Å²) < 4.78 is 0. The van der Waals surface area contributed by atoms with Crippen molar-refractivity contribution in [3.63, 3.8) is 0 Å². The summed E-state index contributed by atoms with van der Waals surface area (Å²) in [4.78, 5) is 29.3. The number of nitrogens with zero attached hydrogens (tertiary/aromatic N) is 5.